The molecule has 2 aromatic rings. The maximum Gasteiger partial charge on any atom is 0.265 e. The number of carbonyl (C=O) groups is 1. The van der Waals surface area contributed by atoms with Crippen molar-refractivity contribution in [3.63, 3.8) is 0 Å². The summed E-state index contributed by atoms with van der Waals surface area (Å²) in [6.45, 7) is 5.39. The molecule has 1 amide bonds. The van der Waals surface area contributed by atoms with Crippen LogP contribution >= 0.6 is 0 Å². The highest BCUT2D eigenvalue weighted by Crippen LogP contribution is 2.37. The van der Waals surface area contributed by atoms with Gasteiger partial charge in [-0.3, -0.25) is 9.10 Å². The summed E-state index contributed by atoms with van der Waals surface area (Å²) in [5, 5.41) is 0. The van der Waals surface area contributed by atoms with Gasteiger partial charge in [0, 0.05) is 13.1 Å². The van der Waals surface area contributed by atoms with Gasteiger partial charge >= 0.3 is 0 Å². The Kier molecular flexibility index (Phi) is 5.25. The molecular formula is C22H26N2O4S. The molecule has 0 N–H and O–H groups in total. The third-order valence-electron chi connectivity index (χ3n) is 5.59. The predicted molar refractivity (Wildman–Crippen MR) is 112 cm³/mol. The maximum atomic E-state index is 13.4. The Labute approximate surface area is 172 Å². The van der Waals surface area contributed by atoms with E-state index >= 15 is 0 Å². The number of rotatable bonds is 3. The first-order valence-electron chi connectivity index (χ1n) is 10.00. The van der Waals surface area contributed by atoms with Gasteiger partial charge in [0.15, 0.2) is 6.10 Å². The van der Waals surface area contributed by atoms with Crippen LogP contribution < -0.4 is 9.04 Å². The first-order valence-corrected chi connectivity index (χ1v) is 11.4. The SMILES string of the molecule is Cc1ccc(S(=O)(=O)N2C[C@H](C(=O)N3CCC[C@@H](C)C3)Oc3ccccc32)cc1. The Balaban J connectivity index is 1.68. The van der Waals surface area contributed by atoms with Gasteiger partial charge in [-0.15, -0.1) is 0 Å². The molecule has 2 heterocycles. The number of sulfonamides is 1. The zero-order chi connectivity index (χ0) is 20.6. The first-order chi connectivity index (χ1) is 13.9. The second-order valence-electron chi connectivity index (χ2n) is 7.96. The lowest BCUT2D eigenvalue weighted by Gasteiger charge is -2.38. The normalized spacial score (nSPS) is 22.0. The summed E-state index contributed by atoms with van der Waals surface area (Å²) in [5.74, 6) is 0.712. The van der Waals surface area contributed by atoms with E-state index in [4.69, 9.17) is 4.74 Å². The van der Waals surface area contributed by atoms with Crippen molar-refractivity contribution < 1.29 is 17.9 Å². The number of benzene rings is 2. The number of nitrogens with zero attached hydrogens (tertiary/aromatic N) is 2. The number of fused-ring (bicyclic) bond motifs is 1. The molecule has 0 aliphatic carbocycles. The van der Waals surface area contributed by atoms with Crippen molar-refractivity contribution in [1.82, 2.24) is 4.90 Å². The Morgan fingerprint density at radius 3 is 2.52 bits per heavy atom. The lowest BCUT2D eigenvalue weighted by molar-refractivity contribution is -0.140. The van der Waals surface area contributed by atoms with Gasteiger partial charge < -0.3 is 9.64 Å². The van der Waals surface area contributed by atoms with Crippen molar-refractivity contribution >= 4 is 21.6 Å². The van der Waals surface area contributed by atoms with Crippen LogP contribution in [0.15, 0.2) is 53.4 Å². The smallest absolute Gasteiger partial charge is 0.265 e. The molecule has 0 spiro atoms. The molecule has 2 aromatic carbocycles. The number of piperidine rings is 1. The lowest BCUT2D eigenvalue weighted by Crippen LogP contribution is -2.53. The van der Waals surface area contributed by atoms with Gasteiger partial charge in [0.05, 0.1) is 17.1 Å². The Bertz CT molecular complexity index is 1000. The number of aryl methyl sites for hydroxylation is 1. The van der Waals surface area contributed by atoms with Crippen LogP contribution in [0.25, 0.3) is 0 Å². The highest BCUT2D eigenvalue weighted by molar-refractivity contribution is 7.92. The third kappa shape index (κ3) is 3.83. The fourth-order valence-corrected chi connectivity index (χ4v) is 5.47. The summed E-state index contributed by atoms with van der Waals surface area (Å²) in [4.78, 5) is 15.2. The zero-order valence-electron chi connectivity index (χ0n) is 16.7. The van der Waals surface area contributed by atoms with Crippen molar-refractivity contribution in [2.75, 3.05) is 23.9 Å². The zero-order valence-corrected chi connectivity index (χ0v) is 17.6. The molecule has 1 fully saturated rings. The molecule has 0 radical (unpaired) electrons. The summed E-state index contributed by atoms with van der Waals surface area (Å²) >= 11 is 0. The fraction of sp³-hybridized carbons (Fsp3) is 0.409. The van der Waals surface area contributed by atoms with Crippen LogP contribution in [-0.2, 0) is 14.8 Å². The van der Waals surface area contributed by atoms with E-state index in [1.54, 1.807) is 48.5 Å². The van der Waals surface area contributed by atoms with Crippen molar-refractivity contribution in [2.45, 2.75) is 37.7 Å². The number of hydrogen-bond acceptors (Lipinski definition) is 4. The van der Waals surface area contributed by atoms with E-state index in [1.807, 2.05) is 11.8 Å². The molecular weight excluding hydrogens is 388 g/mol. The standard InChI is InChI=1S/C22H26N2O4S/c1-16-9-11-18(12-10-16)29(26,27)24-15-21(28-20-8-4-3-7-19(20)24)22(25)23-13-5-6-17(2)14-23/h3-4,7-12,17,21H,5-6,13-15H2,1-2H3/t17-,21-/m1/s1. The van der Waals surface area contributed by atoms with Crippen LogP contribution in [0, 0.1) is 12.8 Å². The summed E-state index contributed by atoms with van der Waals surface area (Å²) in [5.41, 5.74) is 1.45. The van der Waals surface area contributed by atoms with E-state index in [0.717, 1.165) is 18.4 Å². The average molecular weight is 415 g/mol. The number of para-hydroxylation sites is 2. The van der Waals surface area contributed by atoms with Gasteiger partial charge in [-0.1, -0.05) is 36.8 Å². The largest absolute Gasteiger partial charge is 0.476 e. The van der Waals surface area contributed by atoms with E-state index in [1.165, 1.54) is 4.31 Å². The summed E-state index contributed by atoms with van der Waals surface area (Å²) in [6.07, 6.45) is 1.21. The molecule has 6 nitrogen and oxygen atoms in total. The Morgan fingerprint density at radius 2 is 1.79 bits per heavy atom. The minimum absolute atomic E-state index is 0.0308. The number of ether oxygens (including phenoxy) is 1. The van der Waals surface area contributed by atoms with Crippen LogP contribution in [0.3, 0.4) is 0 Å². The van der Waals surface area contributed by atoms with Gasteiger partial charge in [0.1, 0.15) is 5.75 Å². The molecule has 29 heavy (non-hydrogen) atoms. The number of hydrogen-bond donors (Lipinski definition) is 0. The van der Waals surface area contributed by atoms with Crippen LogP contribution in [0.2, 0.25) is 0 Å². The highest BCUT2D eigenvalue weighted by atomic mass is 32.2. The summed E-state index contributed by atoms with van der Waals surface area (Å²) in [6, 6.07) is 13.7. The second-order valence-corrected chi connectivity index (χ2v) is 9.82. The molecule has 0 saturated carbocycles. The van der Waals surface area contributed by atoms with Crippen molar-refractivity contribution in [2.24, 2.45) is 5.92 Å². The van der Waals surface area contributed by atoms with Gasteiger partial charge in [0.25, 0.3) is 15.9 Å². The van der Waals surface area contributed by atoms with Crippen LogP contribution in [0.4, 0.5) is 5.69 Å². The van der Waals surface area contributed by atoms with Crippen molar-refractivity contribution in [1.29, 1.82) is 0 Å². The first kappa shape index (κ1) is 19.8. The molecule has 2 atom stereocenters. The van der Waals surface area contributed by atoms with Gasteiger partial charge in [-0.25, -0.2) is 8.42 Å². The Hall–Kier alpha value is -2.54. The van der Waals surface area contributed by atoms with Gasteiger partial charge in [0.2, 0.25) is 0 Å². The summed E-state index contributed by atoms with van der Waals surface area (Å²) < 4.78 is 34.1. The average Bonchev–Trinajstić information content (AvgIpc) is 2.72. The topological polar surface area (TPSA) is 66.9 Å². The summed E-state index contributed by atoms with van der Waals surface area (Å²) in [7, 11) is -3.82. The second kappa shape index (κ2) is 7.71. The maximum absolute atomic E-state index is 13.4. The number of carbonyl (C=O) groups excluding carboxylic acids is 1. The van der Waals surface area contributed by atoms with Crippen LogP contribution in [0.1, 0.15) is 25.3 Å². The minimum Gasteiger partial charge on any atom is -0.476 e. The Morgan fingerprint density at radius 1 is 1.07 bits per heavy atom. The van der Waals surface area contributed by atoms with Crippen molar-refractivity contribution in [3.8, 4) is 5.75 Å². The van der Waals surface area contributed by atoms with E-state index < -0.39 is 16.1 Å². The molecule has 0 unspecified atom stereocenters. The molecule has 154 valence electrons. The molecule has 0 aromatic heterocycles. The predicted octanol–water partition coefficient (Wildman–Crippen LogP) is 3.21. The van der Waals surface area contributed by atoms with Gasteiger partial charge in [-0.2, -0.15) is 0 Å². The van der Waals surface area contributed by atoms with Crippen LogP contribution in [-0.4, -0.2) is 45.0 Å². The molecule has 4 rings (SSSR count). The lowest BCUT2D eigenvalue weighted by atomic mass is 10.00. The highest BCUT2D eigenvalue weighted by Gasteiger charge is 2.39. The van der Waals surface area contributed by atoms with E-state index in [9.17, 15) is 13.2 Å². The number of amides is 1. The molecule has 1 saturated heterocycles. The third-order valence-corrected chi connectivity index (χ3v) is 7.38. The fourth-order valence-electron chi connectivity index (χ4n) is 3.99. The minimum atomic E-state index is -3.82. The van der Waals surface area contributed by atoms with E-state index in [0.29, 0.717) is 30.4 Å². The van der Waals surface area contributed by atoms with Crippen molar-refractivity contribution in [3.05, 3.63) is 54.1 Å². The monoisotopic (exact) mass is 414 g/mol. The van der Waals surface area contributed by atoms with E-state index in [2.05, 4.69) is 6.92 Å². The number of likely N-dealkylation sites (tertiary alicyclic amines) is 1. The molecule has 2 aliphatic rings. The van der Waals surface area contributed by atoms with Crippen LogP contribution in [0.5, 0.6) is 5.75 Å². The number of anilines is 1. The quantitative estimate of drug-likeness (QED) is 0.774. The van der Waals surface area contributed by atoms with E-state index in [-0.39, 0.29) is 17.3 Å². The molecule has 7 heteroatoms. The molecule has 0 bridgehead atoms. The molecule has 2 aliphatic heterocycles. The van der Waals surface area contributed by atoms with Gasteiger partial charge in [-0.05, 0) is 49.9 Å².